The molecule has 1 aliphatic rings. The van der Waals surface area contributed by atoms with Crippen LogP contribution in [0.2, 0.25) is 0 Å². The van der Waals surface area contributed by atoms with Gasteiger partial charge in [0.25, 0.3) is 0 Å². The number of quaternary nitrogens is 1. The van der Waals surface area contributed by atoms with Crippen LogP contribution in [0.15, 0.2) is 11.2 Å². The van der Waals surface area contributed by atoms with Crippen LogP contribution in [0.5, 0.6) is 0 Å². The van der Waals surface area contributed by atoms with Gasteiger partial charge in [-0.3, -0.25) is 10.1 Å². The molecule has 0 spiro atoms. The van der Waals surface area contributed by atoms with Crippen molar-refractivity contribution in [3.05, 3.63) is 32.2 Å². The second kappa shape index (κ2) is 4.68. The summed E-state index contributed by atoms with van der Waals surface area (Å²) in [4.78, 5) is 31.0. The van der Waals surface area contributed by atoms with E-state index in [1.54, 1.807) is 14.0 Å². The maximum Gasteiger partial charge on any atom is 0.395 e. The zero-order chi connectivity index (χ0) is 15.1. The van der Waals surface area contributed by atoms with E-state index in [1.165, 1.54) is 0 Å². The van der Waals surface area contributed by atoms with Crippen molar-refractivity contribution in [2.75, 3.05) is 13.6 Å². The Labute approximate surface area is 118 Å². The standard InChI is InChI=1S/C9H10N6O4S/c1-3-15(2)7(12-8(20)9(15)14(18)19)6-10-4-5(11-6)13(16)17/h4,9H,3H2,1-2H3/p+1. The van der Waals surface area contributed by atoms with E-state index in [4.69, 9.17) is 12.2 Å². The summed E-state index contributed by atoms with van der Waals surface area (Å²) in [5, 5.41) is 21.8. The van der Waals surface area contributed by atoms with Crippen molar-refractivity contribution in [3.8, 4) is 0 Å². The lowest BCUT2D eigenvalue weighted by Gasteiger charge is -2.27. The van der Waals surface area contributed by atoms with Gasteiger partial charge in [-0.15, -0.1) is 0 Å². The molecule has 11 heteroatoms. The molecular weight excluding hydrogens is 288 g/mol. The van der Waals surface area contributed by atoms with Crippen molar-refractivity contribution in [2.45, 2.75) is 13.1 Å². The molecule has 106 valence electrons. The van der Waals surface area contributed by atoms with Gasteiger partial charge in [0.15, 0.2) is 0 Å². The summed E-state index contributed by atoms with van der Waals surface area (Å²) in [7, 11) is 1.60. The number of amidine groups is 1. The average Bonchev–Trinajstić information content (AvgIpc) is 2.92. The molecule has 2 rings (SSSR count). The van der Waals surface area contributed by atoms with Gasteiger partial charge in [-0.25, -0.2) is 14.5 Å². The van der Waals surface area contributed by atoms with E-state index >= 15 is 0 Å². The number of likely N-dealkylation sites (N-methyl/N-ethyl adjacent to an activating group) is 1. The molecule has 1 aliphatic heterocycles. The largest absolute Gasteiger partial charge is 0.395 e. The Morgan fingerprint density at radius 2 is 2.15 bits per heavy atom. The Balaban J connectivity index is 2.49. The highest BCUT2D eigenvalue weighted by atomic mass is 32.1. The maximum atomic E-state index is 11.2. The van der Waals surface area contributed by atoms with E-state index in [9.17, 15) is 20.2 Å². The number of H-pyrrole nitrogens is 1. The normalized spacial score (nSPS) is 25.6. The fraction of sp³-hybridized carbons (Fsp3) is 0.444. The van der Waals surface area contributed by atoms with Gasteiger partial charge in [0.2, 0.25) is 4.99 Å². The number of rotatable bonds is 4. The topological polar surface area (TPSA) is 127 Å². The van der Waals surface area contributed by atoms with Crippen molar-refractivity contribution in [1.29, 1.82) is 0 Å². The first kappa shape index (κ1) is 14.1. The van der Waals surface area contributed by atoms with Crippen molar-refractivity contribution in [2.24, 2.45) is 4.99 Å². The summed E-state index contributed by atoms with van der Waals surface area (Å²) in [6, 6.07) is 0. The van der Waals surface area contributed by atoms with Crippen LogP contribution in [-0.4, -0.2) is 54.9 Å². The summed E-state index contributed by atoms with van der Waals surface area (Å²) >= 11 is 4.95. The number of thiocarbonyl (C=S) groups is 1. The number of aliphatic imine (C=N–C) groups is 1. The molecule has 20 heavy (non-hydrogen) atoms. The molecule has 0 saturated carbocycles. The van der Waals surface area contributed by atoms with Crippen LogP contribution >= 0.6 is 12.2 Å². The first-order valence-corrected chi connectivity index (χ1v) is 6.03. The SMILES string of the molecule is CC[N+]1(C)C(c2ncc([N+](=O)[O-])[nH]2)=NC(=S)C1[N+](=O)[O-]. The Hall–Kier alpha value is -2.27. The first-order chi connectivity index (χ1) is 9.31. The number of nitrogens with one attached hydrogen (secondary N) is 1. The lowest BCUT2D eigenvalue weighted by Crippen LogP contribution is -2.58. The predicted octanol–water partition coefficient (Wildman–Crippen LogP) is 0.475. The highest BCUT2D eigenvalue weighted by Crippen LogP contribution is 2.25. The van der Waals surface area contributed by atoms with Gasteiger partial charge in [0.05, 0.1) is 18.5 Å². The van der Waals surface area contributed by atoms with Gasteiger partial charge in [0.1, 0.15) is 6.20 Å². The Bertz CT molecular complexity index is 640. The molecule has 1 aromatic heterocycles. The minimum atomic E-state index is -1.19. The van der Waals surface area contributed by atoms with Crippen molar-refractivity contribution >= 4 is 28.9 Å². The second-order valence-corrected chi connectivity index (χ2v) is 4.81. The van der Waals surface area contributed by atoms with Crippen LogP contribution in [0.25, 0.3) is 0 Å². The van der Waals surface area contributed by atoms with Crippen molar-refractivity contribution < 1.29 is 14.3 Å². The highest BCUT2D eigenvalue weighted by molar-refractivity contribution is 7.80. The molecule has 0 fully saturated rings. The van der Waals surface area contributed by atoms with E-state index in [0.717, 1.165) is 6.20 Å². The van der Waals surface area contributed by atoms with Crippen LogP contribution in [0.3, 0.4) is 0 Å². The number of hydrogen-bond donors (Lipinski definition) is 1. The number of nitro groups is 2. The number of aromatic amines is 1. The molecule has 2 heterocycles. The summed E-state index contributed by atoms with van der Waals surface area (Å²) in [6.07, 6.45) is -0.144. The quantitative estimate of drug-likeness (QED) is 0.372. The summed E-state index contributed by atoms with van der Waals surface area (Å²) in [5.74, 6) is 0.0425. The number of aromatic nitrogens is 2. The Morgan fingerprint density at radius 1 is 1.50 bits per heavy atom. The molecule has 0 amide bonds. The molecule has 0 saturated heterocycles. The molecule has 2 atom stereocenters. The number of hydrogen-bond acceptors (Lipinski definition) is 6. The molecule has 0 aliphatic carbocycles. The van der Waals surface area contributed by atoms with Gasteiger partial charge in [0, 0.05) is 0 Å². The van der Waals surface area contributed by atoms with Crippen molar-refractivity contribution in [3.63, 3.8) is 0 Å². The first-order valence-electron chi connectivity index (χ1n) is 5.62. The van der Waals surface area contributed by atoms with Crippen LogP contribution in [0.1, 0.15) is 12.7 Å². The maximum absolute atomic E-state index is 11.2. The number of nitrogens with zero attached hydrogens (tertiary/aromatic N) is 5. The van der Waals surface area contributed by atoms with Crippen LogP contribution in [0.4, 0.5) is 5.82 Å². The number of imidazole rings is 1. The predicted molar refractivity (Wildman–Crippen MR) is 71.9 cm³/mol. The van der Waals surface area contributed by atoms with Gasteiger partial charge in [-0.1, -0.05) is 0 Å². The average molecular weight is 299 g/mol. The van der Waals surface area contributed by atoms with Crippen molar-refractivity contribution in [1.82, 2.24) is 9.97 Å². The highest BCUT2D eigenvalue weighted by Gasteiger charge is 2.56. The third kappa shape index (κ3) is 1.96. The fourth-order valence-electron chi connectivity index (χ4n) is 2.07. The minimum Gasteiger partial charge on any atom is -0.358 e. The summed E-state index contributed by atoms with van der Waals surface area (Å²) in [5.41, 5.74) is 0. The Kier molecular flexibility index (Phi) is 3.31. The van der Waals surface area contributed by atoms with E-state index in [1.807, 2.05) is 0 Å². The molecule has 2 unspecified atom stereocenters. The molecule has 1 aromatic rings. The molecule has 10 nitrogen and oxygen atoms in total. The lowest BCUT2D eigenvalue weighted by atomic mass is 10.3. The second-order valence-electron chi connectivity index (χ2n) is 4.39. The summed E-state index contributed by atoms with van der Waals surface area (Å²) < 4.78 is -0.184. The third-order valence-corrected chi connectivity index (χ3v) is 3.59. The summed E-state index contributed by atoms with van der Waals surface area (Å²) in [6.45, 7) is 2.09. The zero-order valence-electron chi connectivity index (χ0n) is 10.6. The van der Waals surface area contributed by atoms with Gasteiger partial charge in [-0.2, -0.15) is 4.99 Å². The lowest BCUT2D eigenvalue weighted by molar-refractivity contribution is -0.921. The third-order valence-electron chi connectivity index (χ3n) is 3.29. The molecule has 0 radical (unpaired) electrons. The van der Waals surface area contributed by atoms with E-state index in [-0.39, 0.29) is 26.9 Å². The fourth-order valence-corrected chi connectivity index (χ4v) is 2.47. The minimum absolute atomic E-state index is 0.0617. The molecule has 0 aromatic carbocycles. The van der Waals surface area contributed by atoms with Gasteiger partial charge >= 0.3 is 23.6 Å². The van der Waals surface area contributed by atoms with Crippen LogP contribution < -0.4 is 0 Å². The molecule has 0 bridgehead atoms. The Morgan fingerprint density at radius 3 is 2.60 bits per heavy atom. The van der Waals surface area contributed by atoms with Crippen LogP contribution in [-0.2, 0) is 0 Å². The van der Waals surface area contributed by atoms with Gasteiger partial charge in [-0.05, 0) is 24.1 Å². The van der Waals surface area contributed by atoms with E-state index < -0.39 is 16.0 Å². The zero-order valence-corrected chi connectivity index (χ0v) is 11.5. The smallest absolute Gasteiger partial charge is 0.358 e. The molecule has 1 N–H and O–H groups in total. The monoisotopic (exact) mass is 299 g/mol. The van der Waals surface area contributed by atoms with Crippen LogP contribution in [0, 0.1) is 20.2 Å². The molecular formula is C9H11N6O4S+. The van der Waals surface area contributed by atoms with E-state index in [0.29, 0.717) is 6.54 Å². The van der Waals surface area contributed by atoms with E-state index in [2.05, 4.69) is 15.0 Å². The van der Waals surface area contributed by atoms with Gasteiger partial charge < -0.3 is 10.1 Å².